The van der Waals surface area contributed by atoms with Crippen LogP contribution in [0.2, 0.25) is 0 Å². The Hall–Kier alpha value is -2.73. The second kappa shape index (κ2) is 8.77. The highest BCUT2D eigenvalue weighted by Crippen LogP contribution is 2.24. The minimum Gasteiger partial charge on any atom is -0.497 e. The number of likely N-dealkylation sites (N-methyl/N-ethyl adjacent to an activating group) is 1. The molecule has 0 saturated carbocycles. The second-order valence-electron chi connectivity index (χ2n) is 6.80. The summed E-state index contributed by atoms with van der Waals surface area (Å²) in [5, 5.41) is 2.90. The molecular formula is C21H27N3O3. The van der Waals surface area contributed by atoms with Crippen LogP contribution in [0.3, 0.4) is 0 Å². The van der Waals surface area contributed by atoms with Crippen LogP contribution in [0.1, 0.15) is 5.56 Å². The number of nitrogens with one attached hydrogen (secondary N) is 1. The van der Waals surface area contributed by atoms with Gasteiger partial charge >= 0.3 is 0 Å². The lowest BCUT2D eigenvalue weighted by molar-refractivity contribution is -0.118. The zero-order chi connectivity index (χ0) is 19.2. The molecule has 0 unspecified atom stereocenters. The van der Waals surface area contributed by atoms with Gasteiger partial charge in [-0.1, -0.05) is 0 Å². The number of anilines is 2. The summed E-state index contributed by atoms with van der Waals surface area (Å²) in [6.07, 6.45) is 0. The van der Waals surface area contributed by atoms with Crippen molar-refractivity contribution in [3.05, 3.63) is 48.0 Å². The third-order valence-electron chi connectivity index (χ3n) is 4.75. The molecule has 0 aromatic heterocycles. The molecule has 0 bridgehead atoms. The third kappa shape index (κ3) is 5.14. The lowest BCUT2D eigenvalue weighted by Crippen LogP contribution is -2.44. The van der Waals surface area contributed by atoms with Gasteiger partial charge in [0.25, 0.3) is 5.91 Å². The minimum absolute atomic E-state index is 0.0361. The molecule has 0 aliphatic carbocycles. The summed E-state index contributed by atoms with van der Waals surface area (Å²) in [4.78, 5) is 16.9. The van der Waals surface area contributed by atoms with Gasteiger partial charge in [-0.05, 0) is 62.0 Å². The first-order valence-corrected chi connectivity index (χ1v) is 9.16. The van der Waals surface area contributed by atoms with Gasteiger partial charge in [0, 0.05) is 37.6 Å². The molecule has 1 heterocycles. The first-order chi connectivity index (χ1) is 13.0. The standard InChI is InChI=1S/C21H27N3O3/c1-16-14-17(4-9-20(16)24-12-10-23(2)11-13-24)22-21(25)15-27-19-7-5-18(26-3)6-8-19/h4-9,14H,10-13,15H2,1-3H3,(H,22,25). The van der Waals surface area contributed by atoms with E-state index in [2.05, 4.69) is 35.2 Å². The topological polar surface area (TPSA) is 54.0 Å². The Bertz CT molecular complexity index is 769. The quantitative estimate of drug-likeness (QED) is 0.849. The van der Waals surface area contributed by atoms with Crippen LogP contribution in [0.25, 0.3) is 0 Å². The molecule has 6 nitrogen and oxygen atoms in total. The number of ether oxygens (including phenoxy) is 2. The van der Waals surface area contributed by atoms with E-state index in [1.807, 2.05) is 12.1 Å². The fraction of sp³-hybridized carbons (Fsp3) is 0.381. The summed E-state index contributed by atoms with van der Waals surface area (Å²) in [6.45, 7) is 6.24. The van der Waals surface area contributed by atoms with E-state index in [0.29, 0.717) is 5.75 Å². The molecule has 6 heteroatoms. The van der Waals surface area contributed by atoms with Crippen LogP contribution in [-0.2, 0) is 4.79 Å². The molecule has 0 atom stereocenters. The van der Waals surface area contributed by atoms with Crippen LogP contribution in [0.4, 0.5) is 11.4 Å². The van der Waals surface area contributed by atoms with Crippen molar-refractivity contribution < 1.29 is 14.3 Å². The van der Waals surface area contributed by atoms with Crippen LogP contribution >= 0.6 is 0 Å². The van der Waals surface area contributed by atoms with Gasteiger partial charge in [-0.2, -0.15) is 0 Å². The molecule has 0 spiro atoms. The Kier molecular flexibility index (Phi) is 6.19. The highest BCUT2D eigenvalue weighted by Gasteiger charge is 2.16. The largest absolute Gasteiger partial charge is 0.497 e. The Morgan fingerprint density at radius 2 is 1.70 bits per heavy atom. The average molecular weight is 369 g/mol. The molecule has 2 aromatic carbocycles. The molecule has 1 amide bonds. The molecule has 144 valence electrons. The van der Waals surface area contributed by atoms with E-state index in [0.717, 1.165) is 43.2 Å². The van der Waals surface area contributed by atoms with Crippen molar-refractivity contribution >= 4 is 17.3 Å². The maximum absolute atomic E-state index is 12.2. The van der Waals surface area contributed by atoms with E-state index in [4.69, 9.17) is 9.47 Å². The van der Waals surface area contributed by atoms with Crippen molar-refractivity contribution in [1.82, 2.24) is 4.90 Å². The number of hydrogen-bond donors (Lipinski definition) is 1. The van der Waals surface area contributed by atoms with Gasteiger partial charge in [0.15, 0.2) is 6.61 Å². The van der Waals surface area contributed by atoms with E-state index in [-0.39, 0.29) is 12.5 Å². The van der Waals surface area contributed by atoms with Crippen molar-refractivity contribution in [2.24, 2.45) is 0 Å². The van der Waals surface area contributed by atoms with Gasteiger partial charge in [0.1, 0.15) is 11.5 Å². The van der Waals surface area contributed by atoms with Gasteiger partial charge in [0.05, 0.1) is 7.11 Å². The molecule has 2 aromatic rings. The maximum atomic E-state index is 12.2. The fourth-order valence-corrected chi connectivity index (χ4v) is 3.15. The van der Waals surface area contributed by atoms with E-state index in [1.54, 1.807) is 31.4 Å². The van der Waals surface area contributed by atoms with Crippen LogP contribution in [-0.4, -0.2) is 57.8 Å². The molecule has 1 N–H and O–H groups in total. The molecule has 1 aliphatic heterocycles. The van der Waals surface area contributed by atoms with Crippen molar-refractivity contribution in [1.29, 1.82) is 0 Å². The number of piperazine rings is 1. The summed E-state index contributed by atoms with van der Waals surface area (Å²) in [5.74, 6) is 1.20. The number of rotatable bonds is 6. The molecule has 1 saturated heterocycles. The van der Waals surface area contributed by atoms with Crippen molar-refractivity contribution in [2.45, 2.75) is 6.92 Å². The van der Waals surface area contributed by atoms with Gasteiger partial charge in [0.2, 0.25) is 0 Å². The van der Waals surface area contributed by atoms with Gasteiger partial charge in [-0.15, -0.1) is 0 Å². The highest BCUT2D eigenvalue weighted by atomic mass is 16.5. The molecule has 1 aliphatic rings. The van der Waals surface area contributed by atoms with Crippen LogP contribution in [0.5, 0.6) is 11.5 Å². The number of nitrogens with zero attached hydrogens (tertiary/aromatic N) is 2. The molecule has 27 heavy (non-hydrogen) atoms. The van der Waals surface area contributed by atoms with Gasteiger partial charge in [-0.25, -0.2) is 0 Å². The van der Waals surface area contributed by atoms with Crippen molar-refractivity contribution in [3.63, 3.8) is 0 Å². The Labute approximate surface area is 160 Å². The monoisotopic (exact) mass is 369 g/mol. The smallest absolute Gasteiger partial charge is 0.262 e. The number of carbonyl (C=O) groups is 1. The normalized spacial score (nSPS) is 14.7. The highest BCUT2D eigenvalue weighted by molar-refractivity contribution is 5.92. The maximum Gasteiger partial charge on any atom is 0.262 e. The zero-order valence-corrected chi connectivity index (χ0v) is 16.2. The van der Waals surface area contributed by atoms with Crippen LogP contribution in [0.15, 0.2) is 42.5 Å². The Morgan fingerprint density at radius 3 is 2.33 bits per heavy atom. The predicted octanol–water partition coefficient (Wildman–Crippen LogP) is 2.77. The number of hydrogen-bond acceptors (Lipinski definition) is 5. The molecule has 0 radical (unpaired) electrons. The number of amides is 1. The van der Waals surface area contributed by atoms with Gasteiger partial charge < -0.3 is 24.6 Å². The molecular weight excluding hydrogens is 342 g/mol. The van der Waals surface area contributed by atoms with Crippen LogP contribution < -0.4 is 19.7 Å². The average Bonchev–Trinajstić information content (AvgIpc) is 2.68. The van der Waals surface area contributed by atoms with E-state index >= 15 is 0 Å². The Balaban J connectivity index is 1.53. The van der Waals surface area contributed by atoms with E-state index < -0.39 is 0 Å². The fourth-order valence-electron chi connectivity index (χ4n) is 3.15. The zero-order valence-electron chi connectivity index (χ0n) is 16.2. The first-order valence-electron chi connectivity index (χ1n) is 9.16. The van der Waals surface area contributed by atoms with Gasteiger partial charge in [-0.3, -0.25) is 4.79 Å². The van der Waals surface area contributed by atoms with Crippen molar-refractivity contribution in [2.75, 3.05) is 57.2 Å². The number of aryl methyl sites for hydroxylation is 1. The lowest BCUT2D eigenvalue weighted by Gasteiger charge is -2.35. The summed E-state index contributed by atoms with van der Waals surface area (Å²) in [6, 6.07) is 13.2. The first kappa shape index (κ1) is 19.0. The predicted molar refractivity (Wildman–Crippen MR) is 108 cm³/mol. The number of carbonyl (C=O) groups excluding carboxylic acids is 1. The number of benzene rings is 2. The summed E-state index contributed by atoms with van der Waals surface area (Å²) >= 11 is 0. The minimum atomic E-state index is -0.183. The van der Waals surface area contributed by atoms with Crippen molar-refractivity contribution in [3.8, 4) is 11.5 Å². The van der Waals surface area contributed by atoms with E-state index in [1.165, 1.54) is 5.69 Å². The van der Waals surface area contributed by atoms with E-state index in [9.17, 15) is 4.79 Å². The molecule has 1 fully saturated rings. The molecule has 3 rings (SSSR count). The summed E-state index contributed by atoms with van der Waals surface area (Å²) in [5.41, 5.74) is 3.18. The third-order valence-corrected chi connectivity index (χ3v) is 4.75. The lowest BCUT2D eigenvalue weighted by atomic mass is 10.1. The Morgan fingerprint density at radius 1 is 1.04 bits per heavy atom. The number of methoxy groups -OCH3 is 1. The summed E-state index contributed by atoms with van der Waals surface area (Å²) in [7, 11) is 3.76. The second-order valence-corrected chi connectivity index (χ2v) is 6.80. The SMILES string of the molecule is COc1ccc(OCC(=O)Nc2ccc(N3CCN(C)CC3)c(C)c2)cc1. The summed E-state index contributed by atoms with van der Waals surface area (Å²) < 4.78 is 10.6. The van der Waals surface area contributed by atoms with Crippen LogP contribution in [0, 0.1) is 6.92 Å².